The summed E-state index contributed by atoms with van der Waals surface area (Å²) in [5.41, 5.74) is 5.28. The first-order valence-corrected chi connectivity index (χ1v) is 11.4. The van der Waals surface area contributed by atoms with E-state index < -0.39 is 5.92 Å². The van der Waals surface area contributed by atoms with Gasteiger partial charge in [-0.3, -0.25) is 9.20 Å². The first kappa shape index (κ1) is 22.2. The number of aromatic nitrogens is 2. The molecule has 1 fully saturated rings. The molecule has 4 rings (SSSR count). The van der Waals surface area contributed by atoms with Crippen molar-refractivity contribution >= 4 is 17.2 Å². The second kappa shape index (κ2) is 9.27. The molecule has 1 aliphatic heterocycles. The molecule has 0 unspecified atom stereocenters. The lowest BCUT2D eigenvalue weighted by Crippen LogP contribution is -2.39. The van der Waals surface area contributed by atoms with Crippen molar-refractivity contribution in [3.8, 4) is 0 Å². The fraction of sp³-hybridized carbons (Fsp3) is 0.440. The zero-order valence-corrected chi connectivity index (χ0v) is 18.7. The van der Waals surface area contributed by atoms with Gasteiger partial charge in [-0.25, -0.2) is 13.8 Å². The van der Waals surface area contributed by atoms with Crippen LogP contribution in [-0.4, -0.2) is 34.3 Å². The van der Waals surface area contributed by atoms with Crippen LogP contribution in [0.25, 0.3) is 5.65 Å². The van der Waals surface area contributed by atoms with Crippen molar-refractivity contribution in [2.24, 2.45) is 0 Å². The van der Waals surface area contributed by atoms with Gasteiger partial charge in [0.1, 0.15) is 11.3 Å². The highest BCUT2D eigenvalue weighted by atomic mass is 19.3. The highest BCUT2D eigenvalue weighted by Crippen LogP contribution is 2.30. The van der Waals surface area contributed by atoms with E-state index in [1.807, 2.05) is 52.8 Å². The van der Waals surface area contributed by atoms with E-state index in [9.17, 15) is 13.6 Å². The number of rotatable bonds is 7. The van der Waals surface area contributed by atoms with Crippen molar-refractivity contribution in [2.75, 3.05) is 18.0 Å². The normalized spacial score (nSPS) is 15.8. The van der Waals surface area contributed by atoms with E-state index in [0.29, 0.717) is 31.7 Å². The molecule has 170 valence electrons. The Hall–Kier alpha value is -2.96. The van der Waals surface area contributed by atoms with Gasteiger partial charge in [0.05, 0.1) is 5.69 Å². The van der Waals surface area contributed by atoms with Gasteiger partial charge in [-0.05, 0) is 48.2 Å². The van der Waals surface area contributed by atoms with E-state index in [0.717, 1.165) is 35.4 Å². The number of amides is 1. The minimum Gasteiger partial charge on any atom is -0.371 e. The molecular formula is C25H30F2N4O. The number of alkyl halides is 2. The molecule has 0 saturated carbocycles. The summed E-state index contributed by atoms with van der Waals surface area (Å²) < 4.78 is 28.6. The van der Waals surface area contributed by atoms with Crippen molar-refractivity contribution in [1.29, 1.82) is 0 Å². The molecule has 7 heteroatoms. The zero-order chi connectivity index (χ0) is 22.7. The highest BCUT2D eigenvalue weighted by molar-refractivity contribution is 5.94. The summed E-state index contributed by atoms with van der Waals surface area (Å²) in [4.78, 5) is 19.7. The Bertz CT molecular complexity index is 1080. The number of nitrogens with zero attached hydrogens (tertiary/aromatic N) is 3. The van der Waals surface area contributed by atoms with E-state index in [1.165, 1.54) is 5.56 Å². The average Bonchev–Trinajstić information content (AvgIpc) is 3.16. The van der Waals surface area contributed by atoms with Crippen LogP contribution in [0.1, 0.15) is 60.4 Å². The van der Waals surface area contributed by atoms with Crippen LogP contribution in [0, 0.1) is 0 Å². The number of benzene rings is 1. The van der Waals surface area contributed by atoms with Crippen molar-refractivity contribution in [2.45, 2.75) is 58.4 Å². The number of nitrogens with one attached hydrogen (secondary N) is 1. The number of halogens is 2. The lowest BCUT2D eigenvalue weighted by atomic mass is 10.1. The molecule has 0 atom stereocenters. The monoisotopic (exact) mass is 440 g/mol. The molecule has 32 heavy (non-hydrogen) atoms. The van der Waals surface area contributed by atoms with Crippen LogP contribution >= 0.6 is 0 Å². The number of carbonyl (C=O) groups excluding carboxylic acids is 1. The van der Waals surface area contributed by atoms with Gasteiger partial charge in [0, 0.05) is 44.4 Å². The van der Waals surface area contributed by atoms with E-state index in [1.54, 1.807) is 0 Å². The maximum atomic E-state index is 13.4. The van der Waals surface area contributed by atoms with Crippen LogP contribution in [0.5, 0.6) is 0 Å². The number of aryl methyl sites for hydroxylation is 2. The SMILES string of the molecule is CCCc1ccn2c(C(=O)NCc3ccc(N4CCC(F)(F)CC4)cc3)c(CC)nc2c1. The first-order chi connectivity index (χ1) is 15.4. The van der Waals surface area contributed by atoms with Crippen LogP contribution in [-0.2, 0) is 19.4 Å². The zero-order valence-electron chi connectivity index (χ0n) is 18.7. The maximum absolute atomic E-state index is 13.4. The topological polar surface area (TPSA) is 49.6 Å². The molecule has 1 aromatic carbocycles. The molecule has 1 amide bonds. The summed E-state index contributed by atoms with van der Waals surface area (Å²) in [5.74, 6) is -2.70. The lowest BCUT2D eigenvalue weighted by molar-refractivity contribution is -0.0220. The molecule has 1 N–H and O–H groups in total. The lowest BCUT2D eigenvalue weighted by Gasteiger charge is -2.33. The van der Waals surface area contributed by atoms with Crippen LogP contribution in [0.3, 0.4) is 0 Å². The molecular weight excluding hydrogens is 410 g/mol. The number of carbonyl (C=O) groups is 1. The Morgan fingerprint density at radius 3 is 2.47 bits per heavy atom. The highest BCUT2D eigenvalue weighted by Gasteiger charge is 2.34. The third kappa shape index (κ3) is 4.76. The summed E-state index contributed by atoms with van der Waals surface area (Å²) in [7, 11) is 0. The number of hydrogen-bond acceptors (Lipinski definition) is 3. The largest absolute Gasteiger partial charge is 0.371 e. The van der Waals surface area contributed by atoms with E-state index in [4.69, 9.17) is 0 Å². The quantitative estimate of drug-likeness (QED) is 0.562. The molecule has 0 radical (unpaired) electrons. The summed E-state index contributed by atoms with van der Waals surface area (Å²) in [6, 6.07) is 11.8. The minimum atomic E-state index is -2.55. The summed E-state index contributed by atoms with van der Waals surface area (Å²) in [5, 5.41) is 3.01. The predicted octanol–water partition coefficient (Wildman–Crippen LogP) is 5.01. The van der Waals surface area contributed by atoms with Gasteiger partial charge in [-0.2, -0.15) is 0 Å². The van der Waals surface area contributed by atoms with Crippen molar-refractivity contribution in [1.82, 2.24) is 14.7 Å². The van der Waals surface area contributed by atoms with Gasteiger partial charge in [0.15, 0.2) is 0 Å². The van der Waals surface area contributed by atoms with Gasteiger partial charge in [0.2, 0.25) is 0 Å². The second-order valence-electron chi connectivity index (χ2n) is 8.47. The Balaban J connectivity index is 1.43. The van der Waals surface area contributed by atoms with Gasteiger partial charge >= 0.3 is 0 Å². The number of anilines is 1. The number of hydrogen-bond donors (Lipinski definition) is 1. The van der Waals surface area contributed by atoms with Crippen LogP contribution in [0.2, 0.25) is 0 Å². The maximum Gasteiger partial charge on any atom is 0.270 e. The standard InChI is InChI=1S/C25H30F2N4O/c1-3-5-18-10-13-31-22(16-18)29-21(4-2)23(31)24(32)28-17-19-6-8-20(9-7-19)30-14-11-25(26,27)12-15-30/h6-10,13,16H,3-5,11-12,14-15,17H2,1-2H3,(H,28,32). The van der Waals surface area contributed by atoms with Crippen molar-refractivity contribution < 1.29 is 13.6 Å². The van der Waals surface area contributed by atoms with Crippen molar-refractivity contribution in [3.05, 3.63) is 65.1 Å². The minimum absolute atomic E-state index is 0.107. The molecule has 5 nitrogen and oxygen atoms in total. The van der Waals surface area contributed by atoms with Crippen molar-refractivity contribution in [3.63, 3.8) is 0 Å². The first-order valence-electron chi connectivity index (χ1n) is 11.4. The summed E-state index contributed by atoms with van der Waals surface area (Å²) in [6.45, 7) is 5.25. The van der Waals surface area contributed by atoms with Gasteiger partial charge < -0.3 is 10.2 Å². The average molecular weight is 441 g/mol. The Kier molecular flexibility index (Phi) is 6.44. The second-order valence-corrected chi connectivity index (χ2v) is 8.47. The summed E-state index contributed by atoms with van der Waals surface area (Å²) in [6.07, 6.45) is 4.44. The van der Waals surface area contributed by atoms with E-state index >= 15 is 0 Å². The molecule has 2 aromatic heterocycles. The molecule has 0 spiro atoms. The summed E-state index contributed by atoms with van der Waals surface area (Å²) >= 11 is 0. The molecule has 0 bridgehead atoms. The number of piperidine rings is 1. The fourth-order valence-corrected chi connectivity index (χ4v) is 4.25. The third-order valence-corrected chi connectivity index (χ3v) is 6.10. The van der Waals surface area contributed by atoms with Crippen LogP contribution in [0.4, 0.5) is 14.5 Å². The predicted molar refractivity (Wildman–Crippen MR) is 123 cm³/mol. The van der Waals surface area contributed by atoms with Gasteiger partial charge in [-0.15, -0.1) is 0 Å². The Morgan fingerprint density at radius 2 is 1.81 bits per heavy atom. The van der Waals surface area contributed by atoms with Crippen LogP contribution < -0.4 is 10.2 Å². The molecule has 3 heterocycles. The Labute approximate surface area is 187 Å². The van der Waals surface area contributed by atoms with E-state index in [2.05, 4.69) is 23.3 Å². The van der Waals surface area contributed by atoms with Gasteiger partial charge in [-0.1, -0.05) is 32.4 Å². The van der Waals surface area contributed by atoms with Crippen LogP contribution in [0.15, 0.2) is 42.6 Å². The molecule has 1 saturated heterocycles. The molecule has 3 aromatic rings. The van der Waals surface area contributed by atoms with Gasteiger partial charge in [0.25, 0.3) is 11.8 Å². The number of pyridine rings is 1. The number of fused-ring (bicyclic) bond motifs is 1. The third-order valence-electron chi connectivity index (χ3n) is 6.10. The smallest absolute Gasteiger partial charge is 0.270 e. The fourth-order valence-electron chi connectivity index (χ4n) is 4.25. The molecule has 1 aliphatic rings. The number of imidazole rings is 1. The molecule has 0 aliphatic carbocycles. The van der Waals surface area contributed by atoms with E-state index in [-0.39, 0.29) is 18.7 Å². The Morgan fingerprint density at radius 1 is 1.09 bits per heavy atom.